The first kappa shape index (κ1) is 18.6. The molecule has 8 nitrogen and oxygen atoms in total. The fraction of sp³-hybridized carbons (Fsp3) is 0.368. The molecule has 0 unspecified atom stereocenters. The summed E-state index contributed by atoms with van der Waals surface area (Å²) in [5.41, 5.74) is -0.406. The van der Waals surface area contributed by atoms with Crippen LogP contribution in [0.2, 0.25) is 0 Å². The predicted molar refractivity (Wildman–Crippen MR) is 101 cm³/mol. The minimum Gasteiger partial charge on any atom is -0.464 e. The maximum Gasteiger partial charge on any atom is 0.332 e. The fourth-order valence-corrected chi connectivity index (χ4v) is 2.98. The molecule has 27 heavy (non-hydrogen) atoms. The number of rotatable bonds is 4. The van der Waals surface area contributed by atoms with E-state index >= 15 is 0 Å². The van der Waals surface area contributed by atoms with Crippen LogP contribution in [0.4, 0.5) is 0 Å². The van der Waals surface area contributed by atoms with Crippen molar-refractivity contribution in [3.05, 3.63) is 62.3 Å². The number of furan rings is 1. The third kappa shape index (κ3) is 3.30. The first-order valence-corrected chi connectivity index (χ1v) is 8.62. The van der Waals surface area contributed by atoms with Gasteiger partial charge < -0.3 is 9.32 Å². The van der Waals surface area contributed by atoms with Gasteiger partial charge >= 0.3 is 5.69 Å². The molecule has 0 aliphatic carbocycles. The van der Waals surface area contributed by atoms with Crippen LogP contribution in [0.15, 0.2) is 38.4 Å². The predicted octanol–water partition coefficient (Wildman–Crippen LogP) is 1.58. The van der Waals surface area contributed by atoms with E-state index in [2.05, 4.69) is 4.98 Å². The van der Waals surface area contributed by atoms with Crippen molar-refractivity contribution in [1.29, 1.82) is 0 Å². The van der Waals surface area contributed by atoms with Gasteiger partial charge in [-0.25, -0.2) is 9.78 Å². The third-order valence-corrected chi connectivity index (χ3v) is 4.55. The summed E-state index contributed by atoms with van der Waals surface area (Å²) in [4.78, 5) is 43.4. The Kier molecular flexibility index (Phi) is 4.73. The van der Waals surface area contributed by atoms with Crippen LogP contribution in [-0.2, 0) is 20.6 Å². The number of amides is 1. The smallest absolute Gasteiger partial charge is 0.332 e. The Bertz CT molecular complexity index is 1140. The summed E-state index contributed by atoms with van der Waals surface area (Å²) in [6.45, 7) is 5.97. The molecule has 3 aromatic heterocycles. The normalized spacial score (nSPS) is 11.3. The highest BCUT2D eigenvalue weighted by atomic mass is 16.3. The summed E-state index contributed by atoms with van der Waals surface area (Å²) in [7, 11) is 2.94. The minimum absolute atomic E-state index is 0.0819. The number of aryl methyl sites for hydroxylation is 2. The summed E-state index contributed by atoms with van der Waals surface area (Å²) >= 11 is 0. The molecule has 0 saturated heterocycles. The van der Waals surface area contributed by atoms with E-state index in [9.17, 15) is 14.4 Å². The summed E-state index contributed by atoms with van der Waals surface area (Å²) in [5, 5.41) is 0.225. The molecule has 3 rings (SSSR count). The molecule has 0 saturated carbocycles. The number of nitrogens with zero attached hydrogens (tertiary/aromatic N) is 4. The van der Waals surface area contributed by atoms with Gasteiger partial charge in [-0.05, 0) is 39.0 Å². The minimum atomic E-state index is -0.479. The van der Waals surface area contributed by atoms with Crippen LogP contribution in [0.1, 0.15) is 35.7 Å². The molecule has 0 aliphatic heterocycles. The Hall–Kier alpha value is -3.16. The number of pyridine rings is 1. The van der Waals surface area contributed by atoms with E-state index in [-0.39, 0.29) is 28.5 Å². The first-order valence-electron chi connectivity index (χ1n) is 8.62. The summed E-state index contributed by atoms with van der Waals surface area (Å²) in [6.07, 6.45) is 1.40. The second-order valence-electron chi connectivity index (χ2n) is 6.84. The van der Waals surface area contributed by atoms with Gasteiger partial charge in [0.25, 0.3) is 11.5 Å². The number of carbonyl (C=O) groups excluding carboxylic acids is 1. The molecule has 0 spiro atoms. The Balaban J connectivity index is 2.05. The van der Waals surface area contributed by atoms with Crippen molar-refractivity contribution in [3.63, 3.8) is 0 Å². The topological polar surface area (TPSA) is 90.3 Å². The van der Waals surface area contributed by atoms with Crippen LogP contribution in [0.3, 0.4) is 0 Å². The first-order chi connectivity index (χ1) is 12.7. The Morgan fingerprint density at radius 1 is 1.22 bits per heavy atom. The maximum absolute atomic E-state index is 13.1. The highest BCUT2D eigenvalue weighted by Gasteiger charge is 2.22. The molecule has 0 aliphatic rings. The van der Waals surface area contributed by atoms with Crippen molar-refractivity contribution in [2.75, 3.05) is 0 Å². The lowest BCUT2D eigenvalue weighted by Crippen LogP contribution is -2.38. The molecule has 0 aromatic carbocycles. The van der Waals surface area contributed by atoms with Crippen LogP contribution in [0.5, 0.6) is 0 Å². The number of carbonyl (C=O) groups is 1. The zero-order chi connectivity index (χ0) is 19.9. The summed E-state index contributed by atoms with van der Waals surface area (Å²) in [6, 6.07) is 5.10. The van der Waals surface area contributed by atoms with Gasteiger partial charge in [0.1, 0.15) is 17.2 Å². The largest absolute Gasteiger partial charge is 0.464 e. The van der Waals surface area contributed by atoms with Crippen LogP contribution in [-0.4, -0.2) is 31.0 Å². The lowest BCUT2D eigenvalue weighted by atomic mass is 10.1. The lowest BCUT2D eigenvalue weighted by molar-refractivity contribution is 0.0675. The molecule has 0 N–H and O–H groups in total. The molecule has 1 amide bonds. The van der Waals surface area contributed by atoms with Crippen molar-refractivity contribution in [3.8, 4) is 0 Å². The van der Waals surface area contributed by atoms with Crippen LogP contribution in [0, 0.1) is 6.92 Å². The van der Waals surface area contributed by atoms with Gasteiger partial charge in [0.15, 0.2) is 0 Å². The fourth-order valence-electron chi connectivity index (χ4n) is 2.98. The zero-order valence-electron chi connectivity index (χ0n) is 16.0. The molecule has 3 aromatic rings. The monoisotopic (exact) mass is 370 g/mol. The SMILES string of the molecule is Cc1ccc(CN(C(=O)c2cnc3c(c2)c(=O)n(C)c(=O)n3C)C(C)C)o1. The Morgan fingerprint density at radius 3 is 2.52 bits per heavy atom. The van der Waals surface area contributed by atoms with Crippen molar-refractivity contribution in [2.45, 2.75) is 33.4 Å². The molecule has 3 heterocycles. The molecule has 0 bridgehead atoms. The van der Waals surface area contributed by atoms with E-state index in [4.69, 9.17) is 4.42 Å². The molecule has 8 heteroatoms. The van der Waals surface area contributed by atoms with E-state index in [1.165, 1.54) is 30.9 Å². The van der Waals surface area contributed by atoms with E-state index < -0.39 is 11.2 Å². The number of fused-ring (bicyclic) bond motifs is 1. The van der Waals surface area contributed by atoms with Gasteiger partial charge in [-0.2, -0.15) is 0 Å². The van der Waals surface area contributed by atoms with Crippen molar-refractivity contribution in [2.24, 2.45) is 14.1 Å². The van der Waals surface area contributed by atoms with E-state index in [1.807, 2.05) is 32.9 Å². The molecule has 142 valence electrons. The van der Waals surface area contributed by atoms with Gasteiger partial charge in [0.05, 0.1) is 17.5 Å². The Labute approximate surface area is 155 Å². The second-order valence-corrected chi connectivity index (χ2v) is 6.84. The van der Waals surface area contributed by atoms with Gasteiger partial charge in [0.2, 0.25) is 0 Å². The lowest BCUT2D eigenvalue weighted by Gasteiger charge is -2.26. The summed E-state index contributed by atoms with van der Waals surface area (Å²) < 4.78 is 7.88. The number of aromatic nitrogens is 3. The summed E-state index contributed by atoms with van der Waals surface area (Å²) in [5.74, 6) is 1.20. The van der Waals surface area contributed by atoms with Crippen LogP contribution >= 0.6 is 0 Å². The van der Waals surface area contributed by atoms with Gasteiger partial charge in [-0.1, -0.05) is 0 Å². The maximum atomic E-state index is 13.1. The zero-order valence-corrected chi connectivity index (χ0v) is 16.0. The van der Waals surface area contributed by atoms with Gasteiger partial charge in [-0.15, -0.1) is 0 Å². The second kappa shape index (κ2) is 6.86. The molecule has 0 fully saturated rings. The highest BCUT2D eigenvalue weighted by Crippen LogP contribution is 2.16. The van der Waals surface area contributed by atoms with E-state index in [1.54, 1.807) is 4.90 Å². The molecular weight excluding hydrogens is 348 g/mol. The van der Waals surface area contributed by atoms with Crippen molar-refractivity contribution < 1.29 is 9.21 Å². The third-order valence-electron chi connectivity index (χ3n) is 4.55. The van der Waals surface area contributed by atoms with Crippen molar-refractivity contribution >= 4 is 16.9 Å². The average Bonchev–Trinajstić information content (AvgIpc) is 3.06. The molecule has 0 radical (unpaired) electrons. The highest BCUT2D eigenvalue weighted by molar-refractivity contribution is 5.96. The van der Waals surface area contributed by atoms with Crippen LogP contribution < -0.4 is 11.2 Å². The number of hydrogen-bond donors (Lipinski definition) is 0. The van der Waals surface area contributed by atoms with Gasteiger partial charge in [0, 0.05) is 26.3 Å². The van der Waals surface area contributed by atoms with Gasteiger partial charge in [-0.3, -0.25) is 18.7 Å². The molecule has 0 atom stereocenters. The van der Waals surface area contributed by atoms with E-state index in [0.717, 1.165) is 10.3 Å². The quantitative estimate of drug-likeness (QED) is 0.696. The van der Waals surface area contributed by atoms with Crippen LogP contribution in [0.25, 0.3) is 11.0 Å². The standard InChI is InChI=1S/C19H22N4O4/c1-11(2)23(10-14-7-6-12(3)27-14)17(24)13-8-15-16(20-9-13)21(4)19(26)22(5)18(15)25/h6-9,11H,10H2,1-5H3. The molecular formula is C19H22N4O4. The van der Waals surface area contributed by atoms with Crippen molar-refractivity contribution in [1.82, 2.24) is 19.0 Å². The average molecular weight is 370 g/mol. The Morgan fingerprint density at radius 2 is 1.93 bits per heavy atom. The number of hydrogen-bond acceptors (Lipinski definition) is 5. The van der Waals surface area contributed by atoms with E-state index in [0.29, 0.717) is 12.3 Å².